The van der Waals surface area contributed by atoms with E-state index in [9.17, 15) is 19.5 Å². The molecule has 3 rings (SSSR count). The molecule has 2 aliphatic rings. The van der Waals surface area contributed by atoms with Crippen molar-refractivity contribution in [1.82, 2.24) is 10.2 Å². The van der Waals surface area contributed by atoms with Crippen LogP contribution >= 0.6 is 0 Å². The van der Waals surface area contributed by atoms with E-state index >= 15 is 0 Å². The molecule has 0 spiro atoms. The Kier molecular flexibility index (Phi) is 5.03. The van der Waals surface area contributed by atoms with E-state index in [-0.39, 0.29) is 30.7 Å². The molecule has 2 heterocycles. The molecular weight excluding hydrogens is 322 g/mol. The summed E-state index contributed by atoms with van der Waals surface area (Å²) in [6.45, 7) is 2.69. The van der Waals surface area contributed by atoms with E-state index in [1.54, 1.807) is 4.90 Å². The molecule has 134 valence electrons. The molecule has 0 bridgehead atoms. The number of benzene rings is 1. The molecule has 0 radical (unpaired) electrons. The maximum atomic E-state index is 12.3. The first-order valence-electron chi connectivity index (χ1n) is 8.58. The highest BCUT2D eigenvalue weighted by Gasteiger charge is 2.37. The summed E-state index contributed by atoms with van der Waals surface area (Å²) in [5.74, 6) is -0.327. The van der Waals surface area contributed by atoms with Gasteiger partial charge in [-0.15, -0.1) is 0 Å². The molecule has 2 N–H and O–H groups in total. The summed E-state index contributed by atoms with van der Waals surface area (Å²) in [4.78, 5) is 38.8. The molecule has 1 aromatic rings. The number of nitrogens with zero attached hydrogens (tertiary/aromatic N) is 2. The SMILES string of the molecule is CC(=O)N1C[C@H](O)C[C@@H]1C(=O)NCc1ccc(N2CCCC2=O)cc1. The Bertz CT molecular complexity index is 673. The molecule has 1 aromatic carbocycles. The van der Waals surface area contributed by atoms with E-state index < -0.39 is 12.1 Å². The monoisotopic (exact) mass is 345 g/mol. The number of aliphatic hydroxyl groups is 1. The van der Waals surface area contributed by atoms with Crippen molar-refractivity contribution >= 4 is 23.4 Å². The van der Waals surface area contributed by atoms with Gasteiger partial charge in [-0.05, 0) is 24.1 Å². The van der Waals surface area contributed by atoms with E-state index in [1.807, 2.05) is 24.3 Å². The summed E-state index contributed by atoms with van der Waals surface area (Å²) in [5.41, 5.74) is 1.79. The summed E-state index contributed by atoms with van der Waals surface area (Å²) in [6, 6.07) is 6.91. The van der Waals surface area contributed by atoms with Gasteiger partial charge in [-0.1, -0.05) is 12.1 Å². The highest BCUT2D eigenvalue weighted by Crippen LogP contribution is 2.22. The maximum absolute atomic E-state index is 12.3. The third-order valence-corrected chi connectivity index (χ3v) is 4.77. The number of aliphatic hydroxyl groups excluding tert-OH is 1. The van der Waals surface area contributed by atoms with Crippen molar-refractivity contribution in [3.8, 4) is 0 Å². The molecule has 0 unspecified atom stereocenters. The van der Waals surface area contributed by atoms with Crippen LogP contribution in [0, 0.1) is 0 Å². The summed E-state index contributed by atoms with van der Waals surface area (Å²) in [5, 5.41) is 12.5. The minimum Gasteiger partial charge on any atom is -0.391 e. The van der Waals surface area contributed by atoms with Crippen LogP contribution in [0.4, 0.5) is 5.69 Å². The largest absolute Gasteiger partial charge is 0.391 e. The van der Waals surface area contributed by atoms with Gasteiger partial charge < -0.3 is 20.2 Å². The smallest absolute Gasteiger partial charge is 0.243 e. The molecule has 0 aliphatic carbocycles. The van der Waals surface area contributed by atoms with Gasteiger partial charge in [-0.2, -0.15) is 0 Å². The number of carbonyl (C=O) groups is 3. The minimum atomic E-state index is -0.656. The number of β-amino-alcohol motifs (C(OH)–C–C–N with tert-alkyl or cyclic N) is 1. The van der Waals surface area contributed by atoms with E-state index in [2.05, 4.69) is 5.32 Å². The lowest BCUT2D eigenvalue weighted by Crippen LogP contribution is -2.44. The number of anilines is 1. The number of amides is 3. The van der Waals surface area contributed by atoms with Crippen molar-refractivity contribution in [3.63, 3.8) is 0 Å². The number of rotatable bonds is 4. The fourth-order valence-corrected chi connectivity index (χ4v) is 3.43. The first-order chi connectivity index (χ1) is 12.0. The molecule has 2 aliphatic heterocycles. The number of nitrogens with one attached hydrogen (secondary N) is 1. The molecule has 0 aromatic heterocycles. The van der Waals surface area contributed by atoms with Crippen LogP contribution in [0.5, 0.6) is 0 Å². The molecule has 7 nitrogen and oxygen atoms in total. The van der Waals surface area contributed by atoms with Gasteiger partial charge >= 0.3 is 0 Å². The van der Waals surface area contributed by atoms with Gasteiger partial charge in [0.1, 0.15) is 6.04 Å². The van der Waals surface area contributed by atoms with Crippen LogP contribution in [0.25, 0.3) is 0 Å². The lowest BCUT2D eigenvalue weighted by atomic mass is 10.1. The second kappa shape index (κ2) is 7.23. The number of carbonyl (C=O) groups excluding carboxylic acids is 3. The average molecular weight is 345 g/mol. The topological polar surface area (TPSA) is 89.9 Å². The van der Waals surface area contributed by atoms with E-state index in [4.69, 9.17) is 0 Å². The molecule has 2 atom stereocenters. The van der Waals surface area contributed by atoms with Crippen LogP contribution < -0.4 is 10.2 Å². The van der Waals surface area contributed by atoms with Crippen LogP contribution in [-0.2, 0) is 20.9 Å². The fraction of sp³-hybridized carbons (Fsp3) is 0.500. The van der Waals surface area contributed by atoms with Crippen LogP contribution in [0.2, 0.25) is 0 Å². The van der Waals surface area contributed by atoms with Crippen molar-refractivity contribution in [3.05, 3.63) is 29.8 Å². The van der Waals surface area contributed by atoms with Crippen LogP contribution in [0.15, 0.2) is 24.3 Å². The highest BCUT2D eigenvalue weighted by molar-refractivity contribution is 5.95. The van der Waals surface area contributed by atoms with Gasteiger partial charge in [-0.3, -0.25) is 14.4 Å². The molecule has 25 heavy (non-hydrogen) atoms. The Morgan fingerprint density at radius 2 is 2.00 bits per heavy atom. The zero-order valence-electron chi connectivity index (χ0n) is 14.3. The maximum Gasteiger partial charge on any atom is 0.243 e. The third kappa shape index (κ3) is 3.82. The Morgan fingerprint density at radius 1 is 1.28 bits per heavy atom. The zero-order chi connectivity index (χ0) is 18.0. The van der Waals surface area contributed by atoms with Gasteiger partial charge in [0.2, 0.25) is 17.7 Å². The zero-order valence-corrected chi connectivity index (χ0v) is 14.3. The first kappa shape index (κ1) is 17.4. The minimum absolute atomic E-state index is 0.144. The van der Waals surface area contributed by atoms with Crippen molar-refractivity contribution in [1.29, 1.82) is 0 Å². The van der Waals surface area contributed by atoms with E-state index in [1.165, 1.54) is 11.8 Å². The van der Waals surface area contributed by atoms with Crippen molar-refractivity contribution < 1.29 is 19.5 Å². The summed E-state index contributed by atoms with van der Waals surface area (Å²) < 4.78 is 0. The van der Waals surface area contributed by atoms with Gasteiger partial charge in [0.15, 0.2) is 0 Å². The Labute approximate surface area is 146 Å². The van der Waals surface area contributed by atoms with Crippen molar-refractivity contribution in [2.24, 2.45) is 0 Å². The summed E-state index contributed by atoms with van der Waals surface area (Å²) >= 11 is 0. The Hall–Kier alpha value is -2.41. The first-order valence-corrected chi connectivity index (χ1v) is 8.58. The van der Waals surface area contributed by atoms with Crippen LogP contribution in [-0.4, -0.2) is 53.0 Å². The Balaban J connectivity index is 1.57. The lowest BCUT2D eigenvalue weighted by Gasteiger charge is -2.22. The standard InChI is InChI=1S/C18H23N3O4/c1-12(22)21-11-15(23)9-16(21)18(25)19-10-13-4-6-14(7-5-13)20-8-2-3-17(20)24/h4-7,15-16,23H,2-3,8-11H2,1H3,(H,19,25)/t15-,16-/m1/s1. The molecular formula is C18H23N3O4. The molecule has 0 saturated carbocycles. The predicted octanol–water partition coefficient (Wildman–Crippen LogP) is 0.411. The van der Waals surface area contributed by atoms with Gasteiger partial charge in [0, 0.05) is 45.1 Å². The second-order valence-corrected chi connectivity index (χ2v) is 6.61. The normalized spacial score (nSPS) is 23.2. The van der Waals surface area contributed by atoms with E-state index in [0.717, 1.165) is 24.2 Å². The molecule has 2 fully saturated rings. The molecule has 2 saturated heterocycles. The third-order valence-electron chi connectivity index (χ3n) is 4.77. The lowest BCUT2D eigenvalue weighted by molar-refractivity contribution is -0.137. The number of likely N-dealkylation sites (tertiary alicyclic amines) is 1. The second-order valence-electron chi connectivity index (χ2n) is 6.61. The van der Waals surface area contributed by atoms with Gasteiger partial charge in [0.05, 0.1) is 6.10 Å². The average Bonchev–Trinajstić information content (AvgIpc) is 3.19. The van der Waals surface area contributed by atoms with Crippen LogP contribution in [0.1, 0.15) is 31.7 Å². The van der Waals surface area contributed by atoms with Crippen molar-refractivity contribution in [2.45, 2.75) is 44.9 Å². The highest BCUT2D eigenvalue weighted by atomic mass is 16.3. The predicted molar refractivity (Wildman–Crippen MR) is 91.7 cm³/mol. The number of hydrogen-bond acceptors (Lipinski definition) is 4. The van der Waals surface area contributed by atoms with E-state index in [0.29, 0.717) is 13.0 Å². The van der Waals surface area contributed by atoms with Crippen LogP contribution in [0.3, 0.4) is 0 Å². The quantitative estimate of drug-likeness (QED) is 0.827. The van der Waals surface area contributed by atoms with Crippen molar-refractivity contribution in [2.75, 3.05) is 18.0 Å². The van der Waals surface area contributed by atoms with Gasteiger partial charge in [0.25, 0.3) is 0 Å². The van der Waals surface area contributed by atoms with Gasteiger partial charge in [-0.25, -0.2) is 0 Å². The summed E-state index contributed by atoms with van der Waals surface area (Å²) in [6.07, 6.45) is 1.09. The fourth-order valence-electron chi connectivity index (χ4n) is 3.43. The molecule has 7 heteroatoms. The Morgan fingerprint density at radius 3 is 2.60 bits per heavy atom. The summed E-state index contributed by atoms with van der Waals surface area (Å²) in [7, 11) is 0. The number of hydrogen-bond donors (Lipinski definition) is 2. The molecule has 3 amide bonds.